The van der Waals surface area contributed by atoms with Gasteiger partial charge in [0, 0.05) is 37.0 Å². The lowest BCUT2D eigenvalue weighted by Crippen LogP contribution is -2.20. The highest BCUT2D eigenvalue weighted by atomic mass is 35.5. The third kappa shape index (κ3) is 5.17. The van der Waals surface area contributed by atoms with E-state index in [1.54, 1.807) is 33.2 Å². The second kappa shape index (κ2) is 9.25. The number of nitrogens with zero attached hydrogens (tertiary/aromatic N) is 3. The SMILES string of the molecule is Cc1ccc(S(=O)(=O)n2c(C(=O)C(C#N)=CN(C)C)cc3cc(Cl)c(CS(C)(=O)=O)cc32)cc1. The Bertz CT molecular complexity index is 1580. The molecule has 0 fully saturated rings. The topological polar surface area (TPSA) is 117 Å². The number of fused-ring (bicyclic) bond motifs is 1. The number of carbonyl (C=O) groups excluding carboxylic acids is 1. The van der Waals surface area contributed by atoms with E-state index in [4.69, 9.17) is 11.6 Å². The number of sulfone groups is 1. The average molecular weight is 520 g/mol. The van der Waals surface area contributed by atoms with Gasteiger partial charge in [0.05, 0.1) is 16.2 Å². The van der Waals surface area contributed by atoms with Gasteiger partial charge < -0.3 is 4.90 Å². The molecule has 1 aromatic heterocycles. The van der Waals surface area contributed by atoms with E-state index in [0.717, 1.165) is 15.8 Å². The molecule has 0 aliphatic heterocycles. The lowest BCUT2D eigenvalue weighted by molar-refractivity contribution is 0.103. The molecule has 0 atom stereocenters. The minimum atomic E-state index is -4.31. The number of nitriles is 1. The summed E-state index contributed by atoms with van der Waals surface area (Å²) in [6, 6.07) is 12.0. The van der Waals surface area contributed by atoms with Crippen molar-refractivity contribution in [2.45, 2.75) is 17.6 Å². The standard InChI is InChI=1S/C23H22ClN3O5S2/c1-15-5-7-19(8-6-15)34(31,32)27-21-11-17(14-33(4,29)30)20(24)9-16(21)10-22(27)23(28)18(12-25)13-26(2)3/h5-11,13H,14H2,1-4H3. The van der Waals surface area contributed by atoms with E-state index in [0.29, 0.717) is 5.39 Å². The molecule has 0 bridgehead atoms. The van der Waals surface area contributed by atoms with Gasteiger partial charge in [-0.2, -0.15) is 5.26 Å². The van der Waals surface area contributed by atoms with Crippen LogP contribution >= 0.6 is 11.6 Å². The van der Waals surface area contributed by atoms with Crippen LogP contribution in [0.2, 0.25) is 5.02 Å². The Balaban J connectivity index is 2.41. The molecule has 0 N–H and O–H groups in total. The Labute approximate surface area is 203 Å². The summed E-state index contributed by atoms with van der Waals surface area (Å²) < 4.78 is 52.0. The molecular weight excluding hydrogens is 498 g/mol. The summed E-state index contributed by atoms with van der Waals surface area (Å²) in [5.41, 5.74) is 0.580. The van der Waals surface area contributed by atoms with Gasteiger partial charge in [-0.3, -0.25) is 4.79 Å². The van der Waals surface area contributed by atoms with Crippen LogP contribution in [0.5, 0.6) is 0 Å². The fraction of sp³-hybridized carbons (Fsp3) is 0.217. The first-order valence-corrected chi connectivity index (χ1v) is 13.8. The number of Topliss-reactive ketones (excluding diaryl/α,β-unsaturated/α-hetero) is 1. The van der Waals surface area contributed by atoms with Gasteiger partial charge in [-0.05, 0) is 42.8 Å². The highest BCUT2D eigenvalue weighted by Crippen LogP contribution is 2.32. The number of hydrogen-bond acceptors (Lipinski definition) is 7. The number of allylic oxidation sites excluding steroid dienone is 1. The Morgan fingerprint density at radius 3 is 2.26 bits per heavy atom. The highest BCUT2D eigenvalue weighted by Gasteiger charge is 2.29. The molecule has 8 nitrogen and oxygen atoms in total. The van der Waals surface area contributed by atoms with E-state index in [-0.39, 0.29) is 32.3 Å². The largest absolute Gasteiger partial charge is 0.382 e. The maximum absolute atomic E-state index is 13.7. The van der Waals surface area contributed by atoms with Crippen molar-refractivity contribution in [3.05, 3.63) is 76.1 Å². The molecule has 1 heterocycles. The van der Waals surface area contributed by atoms with E-state index >= 15 is 0 Å². The lowest BCUT2D eigenvalue weighted by atomic mass is 10.1. The lowest BCUT2D eigenvalue weighted by Gasteiger charge is -2.13. The van der Waals surface area contributed by atoms with Crippen LogP contribution in [0, 0.1) is 18.3 Å². The number of rotatable bonds is 7. The predicted octanol–water partition coefficient (Wildman–Crippen LogP) is 3.54. The number of carbonyl (C=O) groups is 1. The minimum Gasteiger partial charge on any atom is -0.382 e. The fourth-order valence-corrected chi connectivity index (χ4v) is 6.03. The normalized spacial score (nSPS) is 12.5. The number of halogens is 1. The third-order valence-electron chi connectivity index (χ3n) is 4.89. The fourth-order valence-electron chi connectivity index (χ4n) is 3.41. The van der Waals surface area contributed by atoms with Gasteiger partial charge in [0.2, 0.25) is 5.78 Å². The van der Waals surface area contributed by atoms with E-state index in [1.165, 1.54) is 41.4 Å². The zero-order valence-corrected chi connectivity index (χ0v) is 21.3. The van der Waals surface area contributed by atoms with Gasteiger partial charge in [0.1, 0.15) is 17.3 Å². The molecule has 2 aromatic carbocycles. The molecule has 0 unspecified atom stereocenters. The van der Waals surface area contributed by atoms with Gasteiger partial charge in [-0.25, -0.2) is 20.8 Å². The molecule has 3 aromatic rings. The van der Waals surface area contributed by atoms with E-state index < -0.39 is 31.4 Å². The van der Waals surface area contributed by atoms with E-state index in [1.807, 2.05) is 6.07 Å². The molecule has 3 rings (SSSR count). The van der Waals surface area contributed by atoms with Gasteiger partial charge in [-0.1, -0.05) is 29.3 Å². The highest BCUT2D eigenvalue weighted by molar-refractivity contribution is 7.90. The van der Waals surface area contributed by atoms with Crippen molar-refractivity contribution in [1.82, 2.24) is 8.87 Å². The summed E-state index contributed by atoms with van der Waals surface area (Å²) in [4.78, 5) is 14.7. The smallest absolute Gasteiger partial charge is 0.268 e. The van der Waals surface area contributed by atoms with Gasteiger partial charge >= 0.3 is 0 Å². The van der Waals surface area contributed by atoms with Crippen molar-refractivity contribution in [2.75, 3.05) is 20.4 Å². The van der Waals surface area contributed by atoms with Crippen molar-refractivity contribution >= 4 is 48.1 Å². The second-order valence-electron chi connectivity index (χ2n) is 8.13. The Hall–Kier alpha value is -3.13. The minimum absolute atomic E-state index is 0.0700. The summed E-state index contributed by atoms with van der Waals surface area (Å²) in [7, 11) is -4.54. The zero-order chi connectivity index (χ0) is 25.4. The molecule has 34 heavy (non-hydrogen) atoms. The molecule has 0 spiro atoms. The maximum Gasteiger partial charge on any atom is 0.268 e. The van der Waals surface area contributed by atoms with Crippen LogP contribution in [0.1, 0.15) is 21.6 Å². The zero-order valence-electron chi connectivity index (χ0n) is 18.9. The van der Waals surface area contributed by atoms with Crippen LogP contribution in [0.15, 0.2) is 59.1 Å². The third-order valence-corrected chi connectivity index (χ3v) is 7.82. The molecule has 0 aliphatic rings. The Morgan fingerprint density at radius 2 is 1.74 bits per heavy atom. The first-order valence-electron chi connectivity index (χ1n) is 9.91. The van der Waals surface area contributed by atoms with Crippen molar-refractivity contribution in [3.63, 3.8) is 0 Å². The molecule has 0 aliphatic carbocycles. The summed E-state index contributed by atoms with van der Waals surface area (Å²) in [5, 5.41) is 9.95. The number of benzene rings is 2. The molecule has 0 saturated heterocycles. The van der Waals surface area contributed by atoms with Gasteiger partial charge in [0.25, 0.3) is 10.0 Å². The van der Waals surface area contributed by atoms with Crippen LogP contribution in [-0.2, 0) is 25.6 Å². The molecular formula is C23H22ClN3O5S2. The number of aryl methyl sites for hydroxylation is 1. The van der Waals surface area contributed by atoms with Crippen LogP contribution in [0.25, 0.3) is 10.9 Å². The molecule has 0 saturated carbocycles. The predicted molar refractivity (Wildman–Crippen MR) is 131 cm³/mol. The van der Waals surface area contributed by atoms with Crippen LogP contribution < -0.4 is 0 Å². The van der Waals surface area contributed by atoms with Crippen molar-refractivity contribution in [1.29, 1.82) is 5.26 Å². The number of ketones is 1. The van der Waals surface area contributed by atoms with Crippen LogP contribution in [0.4, 0.5) is 0 Å². The first kappa shape index (κ1) is 25.5. The summed E-state index contributed by atoms with van der Waals surface area (Å²) in [6.45, 7) is 1.81. The van der Waals surface area contributed by atoms with E-state index in [2.05, 4.69) is 0 Å². The quantitative estimate of drug-likeness (QED) is 0.266. The molecule has 0 amide bonds. The monoisotopic (exact) mass is 519 g/mol. The van der Waals surface area contributed by atoms with Gasteiger partial charge in [0.15, 0.2) is 9.84 Å². The van der Waals surface area contributed by atoms with Crippen molar-refractivity contribution in [3.8, 4) is 6.07 Å². The molecule has 0 radical (unpaired) electrons. The number of hydrogen-bond donors (Lipinski definition) is 0. The molecule has 178 valence electrons. The number of aromatic nitrogens is 1. The average Bonchev–Trinajstić information content (AvgIpc) is 3.09. The Kier molecular flexibility index (Phi) is 6.94. The van der Waals surface area contributed by atoms with Gasteiger partial charge in [-0.15, -0.1) is 0 Å². The maximum atomic E-state index is 13.7. The van der Waals surface area contributed by atoms with E-state index in [9.17, 15) is 26.9 Å². The molecule has 11 heteroatoms. The summed E-state index contributed by atoms with van der Waals surface area (Å²) in [5.74, 6) is -1.21. The second-order valence-corrected chi connectivity index (χ2v) is 12.5. The first-order chi connectivity index (χ1) is 15.7. The van der Waals surface area contributed by atoms with Crippen molar-refractivity contribution < 1.29 is 21.6 Å². The summed E-state index contributed by atoms with van der Waals surface area (Å²) in [6.07, 6.45) is 2.33. The summed E-state index contributed by atoms with van der Waals surface area (Å²) >= 11 is 6.28. The van der Waals surface area contributed by atoms with Crippen LogP contribution in [-0.4, -0.2) is 51.8 Å². The Morgan fingerprint density at radius 1 is 1.12 bits per heavy atom. The van der Waals surface area contributed by atoms with Crippen molar-refractivity contribution in [2.24, 2.45) is 0 Å². The van der Waals surface area contributed by atoms with Crippen LogP contribution in [0.3, 0.4) is 0 Å².